The number of hydrogen-bond acceptors (Lipinski definition) is 3. The van der Waals surface area contributed by atoms with E-state index >= 15 is 0 Å². The number of imidazole rings is 1. The van der Waals surface area contributed by atoms with Gasteiger partial charge in [0.2, 0.25) is 5.91 Å². The number of alkyl halides is 3. The van der Waals surface area contributed by atoms with Crippen molar-refractivity contribution in [1.29, 1.82) is 0 Å². The zero-order valence-corrected chi connectivity index (χ0v) is 19.0. The van der Waals surface area contributed by atoms with Crippen LogP contribution in [0.1, 0.15) is 63.4 Å². The fourth-order valence-corrected chi connectivity index (χ4v) is 4.54. The number of amides is 2. The Labute approximate surface area is 198 Å². The highest BCUT2D eigenvalue weighted by atomic mass is 35.5. The Morgan fingerprint density at radius 1 is 1.18 bits per heavy atom. The van der Waals surface area contributed by atoms with Gasteiger partial charge in [0, 0.05) is 29.6 Å². The molecule has 6 nitrogen and oxygen atoms in total. The first kappa shape index (κ1) is 23.8. The fraction of sp³-hybridized carbons (Fsp3) is 0.292. The third-order valence-corrected chi connectivity index (χ3v) is 6.08. The van der Waals surface area contributed by atoms with E-state index in [2.05, 4.69) is 9.97 Å². The summed E-state index contributed by atoms with van der Waals surface area (Å²) in [5.74, 6) is -2.47. The number of nitrogens with two attached hydrogens (primary N) is 1. The highest BCUT2D eigenvalue weighted by molar-refractivity contribution is 6.31. The topological polar surface area (TPSA) is 92.1 Å². The average Bonchev–Trinajstić information content (AvgIpc) is 3.45. The molecule has 1 aromatic heterocycles. The number of benzene rings is 2. The van der Waals surface area contributed by atoms with Crippen LogP contribution in [0.3, 0.4) is 0 Å². The van der Waals surface area contributed by atoms with Crippen molar-refractivity contribution in [3.63, 3.8) is 0 Å². The number of hydrogen-bond donors (Lipinski definition) is 2. The Balaban J connectivity index is 2.01. The lowest BCUT2D eigenvalue weighted by atomic mass is 9.83. The van der Waals surface area contributed by atoms with Gasteiger partial charge in [-0.2, -0.15) is 13.2 Å². The van der Waals surface area contributed by atoms with Crippen LogP contribution >= 0.6 is 11.6 Å². The fourth-order valence-electron chi connectivity index (χ4n) is 4.37. The van der Waals surface area contributed by atoms with Gasteiger partial charge in [0.25, 0.3) is 5.91 Å². The summed E-state index contributed by atoms with van der Waals surface area (Å²) in [7, 11) is 0. The van der Waals surface area contributed by atoms with Crippen LogP contribution in [0.5, 0.6) is 0 Å². The molecule has 1 aliphatic heterocycles. The van der Waals surface area contributed by atoms with Crippen LogP contribution in [-0.4, -0.2) is 39.8 Å². The Bertz CT molecular complexity index is 1290. The zero-order valence-electron chi connectivity index (χ0n) is 18.2. The van der Waals surface area contributed by atoms with E-state index in [0.29, 0.717) is 35.6 Å². The molecule has 34 heavy (non-hydrogen) atoms. The molecule has 3 N–H and O–H groups in total. The number of nitrogens with one attached hydrogen (secondary N) is 1. The third kappa shape index (κ3) is 4.40. The second kappa shape index (κ2) is 9.13. The predicted octanol–water partition coefficient (Wildman–Crippen LogP) is 5.28. The molecule has 3 aromatic rings. The monoisotopic (exact) mass is 490 g/mol. The van der Waals surface area contributed by atoms with Crippen LogP contribution < -0.4 is 5.73 Å². The normalized spacial score (nSPS) is 14.7. The standard InChI is InChI=1S/C24H22ClF3N4O2/c1-2-5-14(22-30-17-9-6-13(25)12-18(17)31-22)19-15(23(34)32-10-3-4-11-32)7-8-16(21(29)33)20(19)24(26,27)28/h3-4,6-9,12,14H,2,5,10-11H2,1H3,(H2,29,33)(H,30,31)/t14-/m0/s1. The third-order valence-electron chi connectivity index (χ3n) is 5.85. The first-order valence-corrected chi connectivity index (χ1v) is 11.1. The number of carbonyl (C=O) groups excluding carboxylic acids is 2. The number of carbonyl (C=O) groups is 2. The highest BCUT2D eigenvalue weighted by Crippen LogP contribution is 2.43. The summed E-state index contributed by atoms with van der Waals surface area (Å²) in [4.78, 5) is 34.4. The van der Waals surface area contributed by atoms with Gasteiger partial charge in [-0.25, -0.2) is 4.98 Å². The molecule has 1 atom stereocenters. The molecule has 0 spiro atoms. The van der Waals surface area contributed by atoms with Crippen molar-refractivity contribution in [2.75, 3.05) is 13.1 Å². The molecule has 10 heteroatoms. The van der Waals surface area contributed by atoms with Gasteiger partial charge in [-0.05, 0) is 42.3 Å². The van der Waals surface area contributed by atoms with Gasteiger partial charge in [0.15, 0.2) is 0 Å². The predicted molar refractivity (Wildman–Crippen MR) is 123 cm³/mol. The lowest BCUT2D eigenvalue weighted by Crippen LogP contribution is -2.32. The van der Waals surface area contributed by atoms with Crippen molar-refractivity contribution in [2.24, 2.45) is 5.73 Å². The van der Waals surface area contributed by atoms with Crippen molar-refractivity contribution < 1.29 is 22.8 Å². The lowest BCUT2D eigenvalue weighted by molar-refractivity contribution is -0.138. The summed E-state index contributed by atoms with van der Waals surface area (Å²) < 4.78 is 43.4. The van der Waals surface area contributed by atoms with Crippen LogP contribution in [0.2, 0.25) is 5.02 Å². The number of H-pyrrole nitrogens is 1. The molecule has 0 aliphatic carbocycles. The zero-order chi connectivity index (χ0) is 24.6. The maximum absolute atomic E-state index is 14.5. The van der Waals surface area contributed by atoms with Gasteiger partial charge in [-0.15, -0.1) is 0 Å². The Kier molecular flexibility index (Phi) is 6.40. The minimum absolute atomic E-state index is 0.127. The van der Waals surface area contributed by atoms with E-state index in [9.17, 15) is 22.8 Å². The quantitative estimate of drug-likeness (QED) is 0.460. The number of fused-ring (bicyclic) bond motifs is 1. The van der Waals surface area contributed by atoms with Gasteiger partial charge < -0.3 is 15.6 Å². The summed E-state index contributed by atoms with van der Waals surface area (Å²) in [5.41, 5.74) is 4.11. The van der Waals surface area contributed by atoms with Crippen LogP contribution in [0.15, 0.2) is 42.5 Å². The van der Waals surface area contributed by atoms with E-state index in [0.717, 1.165) is 6.07 Å². The number of rotatable bonds is 6. The van der Waals surface area contributed by atoms with Crippen LogP contribution in [0.4, 0.5) is 13.2 Å². The molecule has 0 unspecified atom stereocenters. The van der Waals surface area contributed by atoms with Gasteiger partial charge in [-0.1, -0.05) is 37.1 Å². The summed E-state index contributed by atoms with van der Waals surface area (Å²) in [6.07, 6.45) is -0.642. The minimum atomic E-state index is -4.93. The molecule has 2 aromatic carbocycles. The Morgan fingerprint density at radius 3 is 2.47 bits per heavy atom. The number of aromatic nitrogens is 2. The number of primary amides is 1. The maximum atomic E-state index is 14.5. The maximum Gasteiger partial charge on any atom is 0.417 e. The van der Waals surface area contributed by atoms with E-state index < -0.39 is 35.0 Å². The highest BCUT2D eigenvalue weighted by Gasteiger charge is 2.42. The molecule has 1 aliphatic rings. The van der Waals surface area contributed by atoms with Crippen LogP contribution in [0.25, 0.3) is 11.0 Å². The molecule has 0 saturated carbocycles. The summed E-state index contributed by atoms with van der Waals surface area (Å²) >= 11 is 6.06. The number of aromatic amines is 1. The van der Waals surface area contributed by atoms with Crippen molar-refractivity contribution in [3.05, 3.63) is 75.6 Å². The van der Waals surface area contributed by atoms with Crippen LogP contribution in [0, 0.1) is 0 Å². The second-order valence-corrected chi connectivity index (χ2v) is 8.55. The summed E-state index contributed by atoms with van der Waals surface area (Å²) in [5, 5.41) is 0.443. The Morgan fingerprint density at radius 2 is 1.85 bits per heavy atom. The van der Waals surface area contributed by atoms with Crippen molar-refractivity contribution >= 4 is 34.4 Å². The van der Waals surface area contributed by atoms with Crippen molar-refractivity contribution in [2.45, 2.75) is 31.9 Å². The molecule has 0 fully saturated rings. The summed E-state index contributed by atoms with van der Waals surface area (Å²) in [6, 6.07) is 7.16. The molecule has 178 valence electrons. The summed E-state index contributed by atoms with van der Waals surface area (Å²) in [6.45, 7) is 2.40. The molecule has 2 heterocycles. The van der Waals surface area contributed by atoms with Crippen molar-refractivity contribution in [1.82, 2.24) is 14.9 Å². The molecule has 4 rings (SSSR count). The van der Waals surface area contributed by atoms with E-state index in [1.165, 1.54) is 11.0 Å². The largest absolute Gasteiger partial charge is 0.417 e. The van der Waals surface area contributed by atoms with Gasteiger partial charge in [0.1, 0.15) is 5.82 Å². The molecular weight excluding hydrogens is 469 g/mol. The lowest BCUT2D eigenvalue weighted by Gasteiger charge is -2.26. The number of halogens is 4. The molecule has 0 saturated heterocycles. The Hall–Kier alpha value is -3.33. The molecule has 0 radical (unpaired) electrons. The van der Waals surface area contributed by atoms with Crippen molar-refractivity contribution in [3.8, 4) is 0 Å². The van der Waals surface area contributed by atoms with Gasteiger partial charge in [0.05, 0.1) is 22.2 Å². The smallest absolute Gasteiger partial charge is 0.366 e. The second-order valence-electron chi connectivity index (χ2n) is 8.12. The van der Waals surface area contributed by atoms with Crippen LogP contribution in [-0.2, 0) is 6.18 Å². The van der Waals surface area contributed by atoms with E-state index in [-0.39, 0.29) is 23.4 Å². The van der Waals surface area contributed by atoms with E-state index in [1.54, 1.807) is 30.4 Å². The van der Waals surface area contributed by atoms with Gasteiger partial charge in [-0.3, -0.25) is 9.59 Å². The molecule has 0 bridgehead atoms. The average molecular weight is 491 g/mol. The number of nitrogens with zero attached hydrogens (tertiary/aromatic N) is 2. The first-order chi connectivity index (χ1) is 16.1. The minimum Gasteiger partial charge on any atom is -0.366 e. The van der Waals surface area contributed by atoms with Gasteiger partial charge >= 0.3 is 6.18 Å². The SMILES string of the molecule is CCC[C@H](c1nc2ccc(Cl)cc2[nH]1)c1c(C(=O)N2CC=CC2)ccc(C(N)=O)c1C(F)(F)F. The molecular formula is C24H22ClF3N4O2. The van der Waals surface area contributed by atoms with E-state index in [4.69, 9.17) is 17.3 Å². The molecule has 2 amide bonds. The van der Waals surface area contributed by atoms with E-state index in [1.807, 2.05) is 6.92 Å². The first-order valence-electron chi connectivity index (χ1n) is 10.7.